The molecule has 4 nitrogen and oxygen atoms in total. The Morgan fingerprint density at radius 3 is 2.88 bits per heavy atom. The first-order valence-corrected chi connectivity index (χ1v) is 5.34. The molecule has 4 heteroatoms. The number of amides is 1. The highest BCUT2D eigenvalue weighted by Crippen LogP contribution is 2.20. The SMILES string of the molecule is Cc1cccc(C(=O)NCCC(C)N)c1O. The fourth-order valence-corrected chi connectivity index (χ4v) is 1.35. The number of rotatable bonds is 4. The van der Waals surface area contributed by atoms with Crippen LogP contribution in [0.15, 0.2) is 18.2 Å². The molecular weight excluding hydrogens is 204 g/mol. The van der Waals surface area contributed by atoms with Crippen molar-refractivity contribution in [2.45, 2.75) is 26.3 Å². The van der Waals surface area contributed by atoms with E-state index in [2.05, 4.69) is 5.32 Å². The molecule has 0 saturated heterocycles. The molecule has 4 N–H and O–H groups in total. The van der Waals surface area contributed by atoms with Gasteiger partial charge in [-0.15, -0.1) is 0 Å². The number of aromatic hydroxyl groups is 1. The Hall–Kier alpha value is -1.55. The molecule has 0 heterocycles. The van der Waals surface area contributed by atoms with Gasteiger partial charge in [-0.05, 0) is 31.9 Å². The van der Waals surface area contributed by atoms with Crippen molar-refractivity contribution in [1.29, 1.82) is 0 Å². The predicted molar refractivity (Wildman–Crippen MR) is 63.4 cm³/mol. The molecule has 1 aromatic rings. The molecule has 1 aromatic carbocycles. The average Bonchev–Trinajstić information content (AvgIpc) is 2.21. The van der Waals surface area contributed by atoms with Crippen molar-refractivity contribution in [3.8, 4) is 5.75 Å². The number of nitrogens with two attached hydrogens (primary N) is 1. The third-order valence-electron chi connectivity index (χ3n) is 2.37. The van der Waals surface area contributed by atoms with Gasteiger partial charge in [0.2, 0.25) is 0 Å². The van der Waals surface area contributed by atoms with Crippen molar-refractivity contribution in [3.05, 3.63) is 29.3 Å². The lowest BCUT2D eigenvalue weighted by Crippen LogP contribution is -2.29. The van der Waals surface area contributed by atoms with Gasteiger partial charge < -0.3 is 16.2 Å². The van der Waals surface area contributed by atoms with Gasteiger partial charge in [-0.1, -0.05) is 12.1 Å². The molecule has 0 fully saturated rings. The topological polar surface area (TPSA) is 75.4 Å². The zero-order valence-electron chi connectivity index (χ0n) is 9.66. The molecule has 0 saturated carbocycles. The van der Waals surface area contributed by atoms with E-state index in [1.807, 2.05) is 6.92 Å². The van der Waals surface area contributed by atoms with Gasteiger partial charge in [0, 0.05) is 12.6 Å². The quantitative estimate of drug-likeness (QED) is 0.715. The highest BCUT2D eigenvalue weighted by Gasteiger charge is 2.11. The van der Waals surface area contributed by atoms with Gasteiger partial charge in [-0.25, -0.2) is 0 Å². The number of para-hydroxylation sites is 1. The summed E-state index contributed by atoms with van der Waals surface area (Å²) in [5, 5.41) is 12.4. The maximum atomic E-state index is 11.7. The first-order valence-electron chi connectivity index (χ1n) is 5.34. The second kappa shape index (κ2) is 5.51. The van der Waals surface area contributed by atoms with E-state index in [1.54, 1.807) is 25.1 Å². The summed E-state index contributed by atoms with van der Waals surface area (Å²) < 4.78 is 0. The van der Waals surface area contributed by atoms with Gasteiger partial charge in [0.25, 0.3) is 5.91 Å². The minimum absolute atomic E-state index is 0.0424. The molecule has 0 aliphatic heterocycles. The molecule has 0 aliphatic rings. The van der Waals surface area contributed by atoms with Crippen LogP contribution < -0.4 is 11.1 Å². The molecule has 1 atom stereocenters. The fourth-order valence-electron chi connectivity index (χ4n) is 1.35. The fraction of sp³-hybridized carbons (Fsp3) is 0.417. The number of carbonyl (C=O) groups is 1. The van der Waals surface area contributed by atoms with E-state index >= 15 is 0 Å². The van der Waals surface area contributed by atoms with Crippen molar-refractivity contribution < 1.29 is 9.90 Å². The first kappa shape index (κ1) is 12.5. The second-order valence-electron chi connectivity index (χ2n) is 3.99. The number of nitrogens with one attached hydrogen (secondary N) is 1. The molecule has 0 aliphatic carbocycles. The van der Waals surface area contributed by atoms with Gasteiger partial charge >= 0.3 is 0 Å². The molecule has 0 aromatic heterocycles. The van der Waals surface area contributed by atoms with Crippen LogP contribution in [0.2, 0.25) is 0 Å². The Labute approximate surface area is 95.5 Å². The van der Waals surface area contributed by atoms with Crippen molar-refractivity contribution in [3.63, 3.8) is 0 Å². The smallest absolute Gasteiger partial charge is 0.255 e. The van der Waals surface area contributed by atoms with Crippen LogP contribution in [-0.2, 0) is 0 Å². The number of aryl methyl sites for hydroxylation is 1. The maximum absolute atomic E-state index is 11.7. The number of hydrogen-bond acceptors (Lipinski definition) is 3. The number of phenolic OH excluding ortho intramolecular Hbond substituents is 1. The summed E-state index contributed by atoms with van der Waals surface area (Å²) >= 11 is 0. The van der Waals surface area contributed by atoms with Crippen LogP contribution in [0.1, 0.15) is 29.3 Å². The summed E-state index contributed by atoms with van der Waals surface area (Å²) in [6.07, 6.45) is 0.721. The third-order valence-corrected chi connectivity index (χ3v) is 2.37. The molecule has 88 valence electrons. The van der Waals surface area contributed by atoms with Crippen LogP contribution in [0.5, 0.6) is 5.75 Å². The standard InChI is InChI=1S/C12H18N2O2/c1-8-4-3-5-10(11(8)15)12(16)14-7-6-9(2)13/h3-5,9,15H,6-7,13H2,1-2H3,(H,14,16). The molecule has 0 bridgehead atoms. The van der Waals surface area contributed by atoms with Gasteiger partial charge in [0.05, 0.1) is 5.56 Å². The summed E-state index contributed by atoms with van der Waals surface area (Å²) in [5.41, 5.74) is 6.57. The Morgan fingerprint density at radius 1 is 1.56 bits per heavy atom. The number of phenols is 1. The van der Waals surface area contributed by atoms with E-state index in [-0.39, 0.29) is 17.7 Å². The van der Waals surface area contributed by atoms with Gasteiger partial charge in [-0.3, -0.25) is 4.79 Å². The van der Waals surface area contributed by atoms with Crippen molar-refractivity contribution in [2.75, 3.05) is 6.54 Å². The molecule has 1 rings (SSSR count). The monoisotopic (exact) mass is 222 g/mol. The van der Waals surface area contributed by atoms with Crippen molar-refractivity contribution in [1.82, 2.24) is 5.32 Å². The van der Waals surface area contributed by atoms with Crippen LogP contribution in [0, 0.1) is 6.92 Å². The van der Waals surface area contributed by atoms with Gasteiger partial charge in [0.15, 0.2) is 0 Å². The minimum Gasteiger partial charge on any atom is -0.507 e. The lowest BCUT2D eigenvalue weighted by atomic mass is 10.1. The highest BCUT2D eigenvalue weighted by molar-refractivity contribution is 5.97. The van der Waals surface area contributed by atoms with E-state index < -0.39 is 0 Å². The van der Waals surface area contributed by atoms with Crippen molar-refractivity contribution >= 4 is 5.91 Å². The molecule has 16 heavy (non-hydrogen) atoms. The van der Waals surface area contributed by atoms with E-state index in [0.29, 0.717) is 17.7 Å². The predicted octanol–water partition coefficient (Wildman–Crippen LogP) is 1.17. The Kier molecular flexibility index (Phi) is 4.31. The normalized spacial score (nSPS) is 12.2. The summed E-state index contributed by atoms with van der Waals surface area (Å²) in [7, 11) is 0. The van der Waals surface area contributed by atoms with E-state index in [9.17, 15) is 9.90 Å². The highest BCUT2D eigenvalue weighted by atomic mass is 16.3. The Bertz CT molecular complexity index is 375. The van der Waals surface area contributed by atoms with Crippen LogP contribution >= 0.6 is 0 Å². The molecular formula is C12H18N2O2. The zero-order valence-corrected chi connectivity index (χ0v) is 9.66. The lowest BCUT2D eigenvalue weighted by molar-refractivity contribution is 0.0950. The minimum atomic E-state index is -0.262. The zero-order chi connectivity index (χ0) is 12.1. The number of benzene rings is 1. The van der Waals surface area contributed by atoms with E-state index in [0.717, 1.165) is 6.42 Å². The summed E-state index contributed by atoms with van der Waals surface area (Å²) in [5.74, 6) is -0.220. The van der Waals surface area contributed by atoms with Crippen LogP contribution in [-0.4, -0.2) is 23.6 Å². The third kappa shape index (κ3) is 3.24. The molecule has 0 spiro atoms. The summed E-state index contributed by atoms with van der Waals surface area (Å²) in [6, 6.07) is 5.17. The van der Waals surface area contributed by atoms with Gasteiger partial charge in [-0.2, -0.15) is 0 Å². The first-order chi connectivity index (χ1) is 7.52. The number of carbonyl (C=O) groups excluding carboxylic acids is 1. The maximum Gasteiger partial charge on any atom is 0.255 e. The van der Waals surface area contributed by atoms with Gasteiger partial charge in [0.1, 0.15) is 5.75 Å². The Balaban J connectivity index is 2.63. The molecule has 0 radical (unpaired) electrons. The largest absolute Gasteiger partial charge is 0.507 e. The van der Waals surface area contributed by atoms with Crippen LogP contribution in [0.3, 0.4) is 0 Å². The van der Waals surface area contributed by atoms with E-state index in [1.165, 1.54) is 0 Å². The summed E-state index contributed by atoms with van der Waals surface area (Å²) in [6.45, 7) is 4.16. The van der Waals surface area contributed by atoms with Crippen LogP contribution in [0.4, 0.5) is 0 Å². The molecule has 1 unspecified atom stereocenters. The number of hydrogen-bond donors (Lipinski definition) is 3. The summed E-state index contributed by atoms with van der Waals surface area (Å²) in [4.78, 5) is 11.7. The average molecular weight is 222 g/mol. The molecule has 1 amide bonds. The lowest BCUT2D eigenvalue weighted by Gasteiger charge is -2.09. The Morgan fingerprint density at radius 2 is 2.25 bits per heavy atom. The van der Waals surface area contributed by atoms with Crippen LogP contribution in [0.25, 0.3) is 0 Å². The van der Waals surface area contributed by atoms with E-state index in [4.69, 9.17) is 5.73 Å². The second-order valence-corrected chi connectivity index (χ2v) is 3.99. The van der Waals surface area contributed by atoms with Crippen molar-refractivity contribution in [2.24, 2.45) is 5.73 Å².